The molecule has 1 aliphatic carbocycles. The number of esters is 1. The second-order valence-corrected chi connectivity index (χ2v) is 8.25. The van der Waals surface area contributed by atoms with Crippen LogP contribution in [0.4, 0.5) is 4.39 Å². The van der Waals surface area contributed by atoms with E-state index in [0.29, 0.717) is 5.56 Å². The summed E-state index contributed by atoms with van der Waals surface area (Å²) in [5, 5.41) is 9.85. The first-order valence-electron chi connectivity index (χ1n) is 10.7. The lowest BCUT2D eigenvalue weighted by Crippen LogP contribution is -2.30. The highest BCUT2D eigenvalue weighted by Gasteiger charge is 2.64. The maximum absolute atomic E-state index is 14.8. The van der Waals surface area contributed by atoms with E-state index < -0.39 is 29.0 Å². The van der Waals surface area contributed by atoms with Crippen molar-refractivity contribution in [1.29, 1.82) is 0 Å². The highest BCUT2D eigenvalue weighted by atomic mass is 19.1. The predicted molar refractivity (Wildman–Crippen MR) is 118 cm³/mol. The van der Waals surface area contributed by atoms with Crippen molar-refractivity contribution >= 4 is 22.8 Å². The Labute approximate surface area is 190 Å². The quantitative estimate of drug-likeness (QED) is 0.307. The molecule has 3 aromatic rings. The van der Waals surface area contributed by atoms with Crippen molar-refractivity contribution in [2.45, 2.75) is 32.8 Å². The number of carbonyl (C=O) groups is 2. The average Bonchev–Trinajstić information content (AvgIpc) is 3.57. The van der Waals surface area contributed by atoms with Crippen molar-refractivity contribution in [1.82, 2.24) is 10.5 Å². The number of para-hydroxylation sites is 1. The Bertz CT molecular complexity index is 1210. The van der Waals surface area contributed by atoms with Crippen molar-refractivity contribution in [2.24, 2.45) is 11.3 Å². The molecule has 2 aromatic carbocycles. The molecule has 2 atom stereocenters. The first-order valence-corrected chi connectivity index (χ1v) is 10.7. The number of hydrogen-bond acceptors (Lipinski definition) is 6. The Kier molecular flexibility index (Phi) is 6.29. The molecule has 172 valence electrons. The zero-order chi connectivity index (χ0) is 23.6. The van der Waals surface area contributed by atoms with Crippen LogP contribution in [0, 0.1) is 17.2 Å². The van der Waals surface area contributed by atoms with Crippen molar-refractivity contribution in [3.63, 3.8) is 0 Å². The first-order chi connectivity index (χ1) is 15.9. The summed E-state index contributed by atoms with van der Waals surface area (Å²) in [6, 6.07) is 14.2. The number of halogens is 1. The van der Waals surface area contributed by atoms with Gasteiger partial charge in [0.1, 0.15) is 6.61 Å². The van der Waals surface area contributed by atoms with Crippen LogP contribution in [0.3, 0.4) is 0 Å². The zero-order valence-electron chi connectivity index (χ0n) is 18.4. The second kappa shape index (κ2) is 9.15. The third-order valence-electron chi connectivity index (χ3n) is 6.21. The summed E-state index contributed by atoms with van der Waals surface area (Å²) in [6.45, 7) is 2.20. The third kappa shape index (κ3) is 4.39. The van der Waals surface area contributed by atoms with Crippen LogP contribution in [0.15, 0.2) is 48.5 Å². The SMILES string of the molecule is CCc1cc(COc2ccc(C[C@]3(C(=O)OC)CC3C(=O)NO)cc2F)c2ccccc2n1. The molecule has 1 amide bonds. The summed E-state index contributed by atoms with van der Waals surface area (Å²) in [5.41, 5.74) is 3.71. The van der Waals surface area contributed by atoms with Crippen LogP contribution in [0.1, 0.15) is 30.2 Å². The molecule has 33 heavy (non-hydrogen) atoms. The first kappa shape index (κ1) is 22.7. The van der Waals surface area contributed by atoms with Gasteiger partial charge in [-0.25, -0.2) is 9.87 Å². The van der Waals surface area contributed by atoms with Crippen molar-refractivity contribution in [3.8, 4) is 5.75 Å². The van der Waals surface area contributed by atoms with Crippen molar-refractivity contribution in [2.75, 3.05) is 7.11 Å². The van der Waals surface area contributed by atoms with Gasteiger partial charge in [-0.1, -0.05) is 31.2 Å². The van der Waals surface area contributed by atoms with Crippen LogP contribution in [0.5, 0.6) is 5.75 Å². The van der Waals surface area contributed by atoms with Gasteiger partial charge in [0.05, 0.1) is 24.0 Å². The van der Waals surface area contributed by atoms with E-state index in [1.807, 2.05) is 37.3 Å². The number of ether oxygens (including phenoxy) is 2. The lowest BCUT2D eigenvalue weighted by atomic mass is 9.93. The van der Waals surface area contributed by atoms with Gasteiger partial charge in [-0.15, -0.1) is 0 Å². The highest BCUT2D eigenvalue weighted by molar-refractivity contribution is 5.93. The molecular formula is C25H25FN2O5. The topological polar surface area (TPSA) is 97.8 Å². The molecule has 1 saturated carbocycles. The molecule has 1 fully saturated rings. The number of fused-ring (bicyclic) bond motifs is 1. The number of nitrogens with one attached hydrogen (secondary N) is 1. The Morgan fingerprint density at radius 3 is 2.73 bits per heavy atom. The molecular weight excluding hydrogens is 427 g/mol. The van der Waals surface area contributed by atoms with E-state index >= 15 is 0 Å². The number of aryl methyl sites for hydroxylation is 1. The molecule has 0 radical (unpaired) electrons. The van der Waals surface area contributed by atoms with Gasteiger partial charge in [0, 0.05) is 16.6 Å². The summed E-state index contributed by atoms with van der Waals surface area (Å²) < 4.78 is 25.5. The Morgan fingerprint density at radius 1 is 1.24 bits per heavy atom. The average molecular weight is 452 g/mol. The summed E-state index contributed by atoms with van der Waals surface area (Å²) in [4.78, 5) is 28.7. The second-order valence-electron chi connectivity index (χ2n) is 8.25. The standard InChI is InChI=1S/C25H25FN2O5/c1-3-17-11-16(18-6-4-5-7-21(18)27-17)14-33-22-9-8-15(10-20(22)26)12-25(24(30)32-2)13-19(25)23(29)28-31/h4-11,19,31H,3,12-14H2,1-2H3,(H,28,29)/t19?,25-/m0/s1. The number of carbonyl (C=O) groups excluding carboxylic acids is 2. The number of pyridine rings is 1. The predicted octanol–water partition coefficient (Wildman–Crippen LogP) is 3.74. The lowest BCUT2D eigenvalue weighted by Gasteiger charge is -2.16. The number of aromatic nitrogens is 1. The van der Waals surface area contributed by atoms with Crippen LogP contribution in [0.2, 0.25) is 0 Å². The molecule has 0 aliphatic heterocycles. The molecule has 4 rings (SSSR count). The largest absolute Gasteiger partial charge is 0.486 e. The van der Waals surface area contributed by atoms with Crippen LogP contribution >= 0.6 is 0 Å². The Balaban J connectivity index is 1.52. The molecule has 8 heteroatoms. The molecule has 7 nitrogen and oxygen atoms in total. The maximum Gasteiger partial charge on any atom is 0.312 e. The number of amides is 1. The number of benzene rings is 2. The van der Waals surface area contributed by atoms with Gasteiger partial charge in [0.2, 0.25) is 5.91 Å². The number of rotatable bonds is 8. The summed E-state index contributed by atoms with van der Waals surface area (Å²) in [7, 11) is 1.24. The minimum absolute atomic E-state index is 0.0882. The highest BCUT2D eigenvalue weighted by Crippen LogP contribution is 2.55. The van der Waals surface area contributed by atoms with Gasteiger partial charge in [-0.3, -0.25) is 19.8 Å². The van der Waals surface area contributed by atoms with Crippen LogP contribution < -0.4 is 10.2 Å². The smallest absolute Gasteiger partial charge is 0.312 e. The van der Waals surface area contributed by atoms with E-state index in [1.165, 1.54) is 19.2 Å². The van der Waals surface area contributed by atoms with Gasteiger partial charge < -0.3 is 9.47 Å². The normalized spacial score (nSPS) is 19.2. The van der Waals surface area contributed by atoms with E-state index in [9.17, 15) is 14.0 Å². The van der Waals surface area contributed by atoms with Gasteiger partial charge >= 0.3 is 5.97 Å². The summed E-state index contributed by atoms with van der Waals surface area (Å²) in [5.74, 6) is -2.41. The minimum atomic E-state index is -1.11. The van der Waals surface area contributed by atoms with E-state index in [1.54, 1.807) is 11.5 Å². The van der Waals surface area contributed by atoms with Gasteiger partial charge in [-0.05, 0) is 49.1 Å². The van der Waals surface area contributed by atoms with Crippen LogP contribution in [0.25, 0.3) is 10.9 Å². The van der Waals surface area contributed by atoms with E-state index in [-0.39, 0.29) is 25.2 Å². The molecule has 1 heterocycles. The molecule has 1 aliphatic rings. The Morgan fingerprint density at radius 2 is 2.03 bits per heavy atom. The van der Waals surface area contributed by atoms with E-state index in [0.717, 1.165) is 28.6 Å². The van der Waals surface area contributed by atoms with E-state index in [2.05, 4.69) is 4.98 Å². The van der Waals surface area contributed by atoms with Gasteiger partial charge in [-0.2, -0.15) is 0 Å². The third-order valence-corrected chi connectivity index (χ3v) is 6.21. The number of nitrogens with zero attached hydrogens (tertiary/aromatic N) is 1. The fourth-order valence-electron chi connectivity index (χ4n) is 4.32. The zero-order valence-corrected chi connectivity index (χ0v) is 18.4. The molecule has 0 saturated heterocycles. The summed E-state index contributed by atoms with van der Waals surface area (Å²) in [6.07, 6.45) is 1.11. The summed E-state index contributed by atoms with van der Waals surface area (Å²) >= 11 is 0. The fourth-order valence-corrected chi connectivity index (χ4v) is 4.32. The number of hydroxylamine groups is 1. The molecule has 0 bridgehead atoms. The molecule has 1 unspecified atom stereocenters. The van der Waals surface area contributed by atoms with E-state index in [4.69, 9.17) is 14.7 Å². The van der Waals surface area contributed by atoms with Gasteiger partial charge in [0.15, 0.2) is 11.6 Å². The molecule has 2 N–H and O–H groups in total. The monoisotopic (exact) mass is 452 g/mol. The fraction of sp³-hybridized carbons (Fsp3) is 0.320. The van der Waals surface area contributed by atoms with Crippen molar-refractivity contribution < 1.29 is 28.7 Å². The Hall–Kier alpha value is -3.52. The number of methoxy groups -OCH3 is 1. The lowest BCUT2D eigenvalue weighted by molar-refractivity contribution is -0.149. The maximum atomic E-state index is 14.8. The molecule has 1 aromatic heterocycles. The van der Waals surface area contributed by atoms with Gasteiger partial charge in [0.25, 0.3) is 0 Å². The van der Waals surface area contributed by atoms with Crippen LogP contribution in [-0.4, -0.2) is 29.2 Å². The number of hydrogen-bond donors (Lipinski definition) is 2. The minimum Gasteiger partial charge on any atom is -0.486 e. The molecule has 0 spiro atoms. The van der Waals surface area contributed by atoms with Crippen molar-refractivity contribution in [3.05, 3.63) is 71.2 Å². The van der Waals surface area contributed by atoms with Crippen LogP contribution in [-0.2, 0) is 33.8 Å².